The molecule has 0 heterocycles. The largest absolute Gasteiger partial charge is 0.398 e. The van der Waals surface area contributed by atoms with Crippen molar-refractivity contribution >= 4 is 28.3 Å². The van der Waals surface area contributed by atoms with E-state index in [1.165, 1.54) is 5.56 Å². The third kappa shape index (κ3) is 2.09. The highest BCUT2D eigenvalue weighted by atomic mass is 127. The van der Waals surface area contributed by atoms with Crippen LogP contribution in [0, 0.1) is 3.57 Å². The zero-order valence-corrected chi connectivity index (χ0v) is 8.92. The third-order valence-electron chi connectivity index (χ3n) is 1.69. The van der Waals surface area contributed by atoms with Gasteiger partial charge in [0.25, 0.3) is 0 Å². The molecule has 0 atom stereocenters. The van der Waals surface area contributed by atoms with Crippen molar-refractivity contribution in [2.45, 2.75) is 19.8 Å². The van der Waals surface area contributed by atoms with Crippen LogP contribution < -0.4 is 5.73 Å². The molecule has 1 aromatic rings. The molecule has 0 spiro atoms. The van der Waals surface area contributed by atoms with E-state index in [2.05, 4.69) is 48.6 Å². The molecule has 2 heteroatoms. The summed E-state index contributed by atoms with van der Waals surface area (Å²) in [5, 5.41) is 0. The van der Waals surface area contributed by atoms with Crippen molar-refractivity contribution in [3.63, 3.8) is 0 Å². The average Bonchev–Trinajstić information content (AvgIpc) is 1.94. The van der Waals surface area contributed by atoms with E-state index in [4.69, 9.17) is 5.73 Å². The Bertz CT molecular complexity index is 256. The summed E-state index contributed by atoms with van der Waals surface area (Å²) in [6, 6.07) is 6.19. The molecular weight excluding hydrogens is 249 g/mol. The van der Waals surface area contributed by atoms with Crippen LogP contribution in [0.2, 0.25) is 0 Å². The van der Waals surface area contributed by atoms with Crippen LogP contribution in [-0.2, 0) is 0 Å². The molecule has 2 N–H and O–H groups in total. The number of rotatable bonds is 1. The van der Waals surface area contributed by atoms with Gasteiger partial charge in [-0.2, -0.15) is 0 Å². The van der Waals surface area contributed by atoms with Crippen LogP contribution in [0.15, 0.2) is 18.2 Å². The highest BCUT2D eigenvalue weighted by Crippen LogP contribution is 2.21. The van der Waals surface area contributed by atoms with E-state index in [0.717, 1.165) is 9.26 Å². The van der Waals surface area contributed by atoms with Crippen LogP contribution in [0.1, 0.15) is 25.3 Å². The van der Waals surface area contributed by atoms with Crippen LogP contribution in [0.5, 0.6) is 0 Å². The summed E-state index contributed by atoms with van der Waals surface area (Å²) >= 11 is 2.26. The molecular formula is C9H12IN. The van der Waals surface area contributed by atoms with Crippen molar-refractivity contribution in [1.82, 2.24) is 0 Å². The van der Waals surface area contributed by atoms with E-state index in [1.807, 2.05) is 6.07 Å². The first-order valence-electron chi connectivity index (χ1n) is 3.66. The minimum atomic E-state index is 0.587. The lowest BCUT2D eigenvalue weighted by Crippen LogP contribution is -1.92. The zero-order chi connectivity index (χ0) is 8.43. The Hall–Kier alpha value is -0.250. The molecule has 0 aromatic heterocycles. The van der Waals surface area contributed by atoms with Gasteiger partial charge in [0.1, 0.15) is 0 Å². The molecule has 11 heavy (non-hydrogen) atoms. The van der Waals surface area contributed by atoms with Gasteiger partial charge in [-0.3, -0.25) is 0 Å². The number of nitrogens with two attached hydrogens (primary N) is 1. The number of nitrogen functional groups attached to an aromatic ring is 1. The van der Waals surface area contributed by atoms with Gasteiger partial charge in [0.2, 0.25) is 0 Å². The first-order valence-corrected chi connectivity index (χ1v) is 4.74. The van der Waals surface area contributed by atoms with Gasteiger partial charge in [0.15, 0.2) is 0 Å². The molecule has 0 aliphatic carbocycles. The Morgan fingerprint density at radius 2 is 2.00 bits per heavy atom. The summed E-state index contributed by atoms with van der Waals surface area (Å²) in [6.07, 6.45) is 0. The third-order valence-corrected chi connectivity index (χ3v) is 2.63. The fraction of sp³-hybridized carbons (Fsp3) is 0.333. The standard InChI is InChI=1S/C9H12IN/c1-6(2)7-3-4-9(11)8(10)5-7/h3-6H,11H2,1-2H3. The summed E-state index contributed by atoms with van der Waals surface area (Å²) in [4.78, 5) is 0. The van der Waals surface area contributed by atoms with E-state index in [0.29, 0.717) is 5.92 Å². The second-order valence-corrected chi connectivity index (χ2v) is 4.10. The van der Waals surface area contributed by atoms with Crippen molar-refractivity contribution in [1.29, 1.82) is 0 Å². The second-order valence-electron chi connectivity index (χ2n) is 2.94. The smallest absolute Gasteiger partial charge is 0.0449 e. The zero-order valence-electron chi connectivity index (χ0n) is 6.76. The molecule has 0 aliphatic heterocycles. The average molecular weight is 261 g/mol. The summed E-state index contributed by atoms with van der Waals surface area (Å²) in [6.45, 7) is 4.36. The van der Waals surface area contributed by atoms with Crippen LogP contribution in [0.3, 0.4) is 0 Å². The van der Waals surface area contributed by atoms with Crippen LogP contribution in [-0.4, -0.2) is 0 Å². The van der Waals surface area contributed by atoms with E-state index in [-0.39, 0.29) is 0 Å². The van der Waals surface area contributed by atoms with Gasteiger partial charge in [-0.1, -0.05) is 19.9 Å². The van der Waals surface area contributed by atoms with E-state index < -0.39 is 0 Å². The maximum absolute atomic E-state index is 5.68. The summed E-state index contributed by atoms with van der Waals surface area (Å²) in [5.41, 5.74) is 7.90. The normalized spacial score (nSPS) is 10.5. The van der Waals surface area contributed by atoms with E-state index in [9.17, 15) is 0 Å². The molecule has 0 fully saturated rings. The Labute approximate surface area is 81.1 Å². The summed E-state index contributed by atoms with van der Waals surface area (Å²) < 4.78 is 1.15. The maximum Gasteiger partial charge on any atom is 0.0449 e. The van der Waals surface area contributed by atoms with E-state index >= 15 is 0 Å². The Kier molecular flexibility index (Phi) is 2.76. The molecule has 0 radical (unpaired) electrons. The monoisotopic (exact) mass is 261 g/mol. The molecule has 1 rings (SSSR count). The number of hydrogen-bond acceptors (Lipinski definition) is 1. The van der Waals surface area contributed by atoms with E-state index in [1.54, 1.807) is 0 Å². The maximum atomic E-state index is 5.68. The van der Waals surface area contributed by atoms with Crippen molar-refractivity contribution in [3.8, 4) is 0 Å². The van der Waals surface area contributed by atoms with Crippen molar-refractivity contribution in [2.24, 2.45) is 0 Å². The SMILES string of the molecule is CC(C)c1ccc(N)c(I)c1. The van der Waals surface area contributed by atoms with Gasteiger partial charge in [-0.25, -0.2) is 0 Å². The van der Waals surface area contributed by atoms with Crippen LogP contribution in [0.4, 0.5) is 5.69 Å². The topological polar surface area (TPSA) is 26.0 Å². The van der Waals surface area contributed by atoms with Crippen molar-refractivity contribution in [3.05, 3.63) is 27.3 Å². The molecule has 1 nitrogen and oxygen atoms in total. The van der Waals surface area contributed by atoms with Crippen LogP contribution >= 0.6 is 22.6 Å². The Balaban J connectivity index is 3.05. The highest BCUT2D eigenvalue weighted by molar-refractivity contribution is 14.1. The predicted molar refractivity (Wildman–Crippen MR) is 57.7 cm³/mol. The molecule has 0 aliphatic rings. The van der Waals surface area contributed by atoms with Crippen molar-refractivity contribution in [2.75, 3.05) is 5.73 Å². The molecule has 0 bridgehead atoms. The molecule has 0 unspecified atom stereocenters. The minimum Gasteiger partial charge on any atom is -0.398 e. The fourth-order valence-corrected chi connectivity index (χ4v) is 1.44. The Morgan fingerprint density at radius 3 is 2.45 bits per heavy atom. The van der Waals surface area contributed by atoms with Gasteiger partial charge in [0.05, 0.1) is 0 Å². The fourth-order valence-electron chi connectivity index (χ4n) is 0.903. The lowest BCUT2D eigenvalue weighted by atomic mass is 10.0. The van der Waals surface area contributed by atoms with Gasteiger partial charge in [-0.05, 0) is 46.2 Å². The number of halogens is 1. The molecule has 0 amide bonds. The summed E-state index contributed by atoms with van der Waals surface area (Å²) in [7, 11) is 0. The number of anilines is 1. The number of benzene rings is 1. The number of hydrogen-bond donors (Lipinski definition) is 1. The molecule has 0 saturated carbocycles. The highest BCUT2D eigenvalue weighted by Gasteiger charge is 2.00. The minimum absolute atomic E-state index is 0.587. The van der Waals surface area contributed by atoms with Gasteiger partial charge in [0, 0.05) is 9.26 Å². The first-order chi connectivity index (χ1) is 5.11. The quantitative estimate of drug-likeness (QED) is 0.610. The lowest BCUT2D eigenvalue weighted by Gasteiger charge is -2.06. The van der Waals surface area contributed by atoms with Gasteiger partial charge < -0.3 is 5.73 Å². The predicted octanol–water partition coefficient (Wildman–Crippen LogP) is 3.00. The molecule has 0 saturated heterocycles. The van der Waals surface area contributed by atoms with Crippen LogP contribution in [0.25, 0.3) is 0 Å². The van der Waals surface area contributed by atoms with Gasteiger partial charge in [-0.15, -0.1) is 0 Å². The van der Waals surface area contributed by atoms with Gasteiger partial charge >= 0.3 is 0 Å². The Morgan fingerprint density at radius 1 is 1.36 bits per heavy atom. The molecule has 1 aromatic carbocycles. The first kappa shape index (κ1) is 8.84. The molecule has 60 valence electrons. The summed E-state index contributed by atoms with van der Waals surface area (Å²) in [5.74, 6) is 0.587. The second kappa shape index (κ2) is 3.43. The lowest BCUT2D eigenvalue weighted by molar-refractivity contribution is 0.866. The van der Waals surface area contributed by atoms with Crippen molar-refractivity contribution < 1.29 is 0 Å².